The predicted molar refractivity (Wildman–Crippen MR) is 78.0 cm³/mol. The second kappa shape index (κ2) is 4.54. The third-order valence-corrected chi connectivity index (χ3v) is 4.26. The van der Waals surface area contributed by atoms with Crippen molar-refractivity contribution in [3.8, 4) is 0 Å². The minimum Gasteiger partial charge on any atom is -0.391 e. The van der Waals surface area contributed by atoms with Crippen molar-refractivity contribution in [2.24, 2.45) is 5.73 Å². The van der Waals surface area contributed by atoms with E-state index >= 15 is 0 Å². The number of hydrogen-bond acceptors (Lipinski definition) is 4. The number of carbonyl (C=O) groups excluding carboxylic acids is 1. The number of aromatic nitrogens is 2. The van der Waals surface area contributed by atoms with Crippen LogP contribution in [0.3, 0.4) is 0 Å². The van der Waals surface area contributed by atoms with Crippen molar-refractivity contribution in [1.29, 1.82) is 0 Å². The molecule has 3 N–H and O–H groups in total. The second-order valence-electron chi connectivity index (χ2n) is 5.96. The lowest BCUT2D eigenvalue weighted by Gasteiger charge is -2.18. The number of hydrogen-bond donors (Lipinski definition) is 2. The van der Waals surface area contributed by atoms with Crippen LogP contribution in [0.4, 0.5) is 5.69 Å². The van der Waals surface area contributed by atoms with Gasteiger partial charge in [0.05, 0.1) is 30.5 Å². The fourth-order valence-corrected chi connectivity index (χ4v) is 3.01. The summed E-state index contributed by atoms with van der Waals surface area (Å²) in [4.78, 5) is 18.3. The van der Waals surface area contributed by atoms with Crippen LogP contribution in [0.15, 0.2) is 18.5 Å². The lowest BCUT2D eigenvalue weighted by atomic mass is 10.1. The molecule has 0 bridgehead atoms. The molecule has 6 nitrogen and oxygen atoms in total. The first-order valence-corrected chi connectivity index (χ1v) is 7.35. The van der Waals surface area contributed by atoms with Gasteiger partial charge in [-0.25, -0.2) is 4.98 Å². The maximum absolute atomic E-state index is 12.1. The van der Waals surface area contributed by atoms with Crippen LogP contribution >= 0.6 is 0 Å². The predicted octanol–water partition coefficient (Wildman–Crippen LogP) is 0.768. The third kappa shape index (κ3) is 2.11. The Bertz CT molecular complexity index is 720. The number of nitrogens with two attached hydrogens (primary N) is 1. The van der Waals surface area contributed by atoms with Gasteiger partial charge in [0, 0.05) is 18.9 Å². The minimum absolute atomic E-state index is 0.0466. The molecule has 3 heterocycles. The first-order valence-electron chi connectivity index (χ1n) is 7.35. The summed E-state index contributed by atoms with van der Waals surface area (Å²) in [6, 6.07) is 2.05. The number of pyridine rings is 1. The van der Waals surface area contributed by atoms with Gasteiger partial charge in [0.1, 0.15) is 0 Å². The Kier molecular flexibility index (Phi) is 2.77. The topological polar surface area (TPSA) is 83.9 Å². The van der Waals surface area contributed by atoms with E-state index < -0.39 is 6.10 Å². The van der Waals surface area contributed by atoms with Crippen molar-refractivity contribution in [2.45, 2.75) is 37.8 Å². The Morgan fingerprint density at radius 2 is 2.19 bits per heavy atom. The van der Waals surface area contributed by atoms with Gasteiger partial charge in [-0.05, 0) is 30.4 Å². The molecule has 1 saturated carbocycles. The van der Waals surface area contributed by atoms with E-state index in [9.17, 15) is 9.90 Å². The highest BCUT2D eigenvalue weighted by Gasteiger charge is 2.32. The molecular weight excluding hydrogens is 268 g/mol. The molecule has 2 fully saturated rings. The number of β-amino-alcohol motifs (C(OH)–C–C–N with tert-alkyl or cyclic N) is 1. The van der Waals surface area contributed by atoms with Crippen LogP contribution in [0.2, 0.25) is 0 Å². The minimum atomic E-state index is -0.592. The molecule has 2 aromatic heterocycles. The Morgan fingerprint density at radius 1 is 1.38 bits per heavy atom. The third-order valence-electron chi connectivity index (χ3n) is 4.26. The molecule has 0 spiro atoms. The maximum atomic E-state index is 12.1. The molecule has 110 valence electrons. The second-order valence-corrected chi connectivity index (χ2v) is 5.96. The standard InChI is InChI=1S/C15H18N4O2/c16-5-11-7-18-6-10(9-1-2-9)3-13(15(18)17-11)19-8-12(20)4-14(19)21/h3,6-7,9,12,20H,1-2,4-5,8,16H2/t12-/m1/s1. The number of anilines is 1. The van der Waals surface area contributed by atoms with Crippen molar-refractivity contribution in [3.05, 3.63) is 29.7 Å². The Morgan fingerprint density at radius 3 is 2.81 bits per heavy atom. The summed E-state index contributed by atoms with van der Waals surface area (Å²) in [7, 11) is 0. The first kappa shape index (κ1) is 12.8. The zero-order valence-corrected chi connectivity index (χ0v) is 11.7. The molecule has 4 rings (SSSR count). The molecule has 1 saturated heterocycles. The molecule has 2 aromatic rings. The smallest absolute Gasteiger partial charge is 0.229 e. The number of carbonyl (C=O) groups is 1. The van der Waals surface area contributed by atoms with E-state index in [2.05, 4.69) is 17.2 Å². The van der Waals surface area contributed by atoms with Gasteiger partial charge in [-0.1, -0.05) is 0 Å². The SMILES string of the molecule is NCc1cn2cc(C3CC3)cc(N3C[C@H](O)CC3=O)c2n1. The quantitative estimate of drug-likeness (QED) is 0.873. The van der Waals surface area contributed by atoms with Gasteiger partial charge in [0.25, 0.3) is 0 Å². The van der Waals surface area contributed by atoms with Gasteiger partial charge in [0.15, 0.2) is 5.65 Å². The highest BCUT2D eigenvalue weighted by Crippen LogP contribution is 2.42. The van der Waals surface area contributed by atoms with Gasteiger partial charge < -0.3 is 20.1 Å². The number of imidazole rings is 1. The van der Waals surface area contributed by atoms with Crippen LogP contribution < -0.4 is 10.6 Å². The molecular formula is C15H18N4O2. The number of fused-ring (bicyclic) bond motifs is 1. The number of aliphatic hydroxyl groups excluding tert-OH is 1. The Hall–Kier alpha value is -1.92. The van der Waals surface area contributed by atoms with Crippen LogP contribution in [0.1, 0.15) is 36.4 Å². The van der Waals surface area contributed by atoms with E-state index in [1.165, 1.54) is 18.4 Å². The van der Waals surface area contributed by atoms with E-state index in [4.69, 9.17) is 5.73 Å². The van der Waals surface area contributed by atoms with E-state index in [1.807, 2.05) is 10.6 Å². The molecule has 2 aliphatic rings. The zero-order valence-electron chi connectivity index (χ0n) is 11.7. The first-order chi connectivity index (χ1) is 10.2. The largest absolute Gasteiger partial charge is 0.391 e. The summed E-state index contributed by atoms with van der Waals surface area (Å²) in [5, 5.41) is 9.74. The summed E-state index contributed by atoms with van der Waals surface area (Å²) in [5.74, 6) is 0.536. The van der Waals surface area contributed by atoms with Crippen molar-refractivity contribution in [3.63, 3.8) is 0 Å². The van der Waals surface area contributed by atoms with Gasteiger partial charge in [-0.3, -0.25) is 4.79 Å². The fraction of sp³-hybridized carbons (Fsp3) is 0.467. The molecule has 0 unspecified atom stereocenters. The number of aliphatic hydroxyl groups is 1. The Balaban J connectivity index is 1.88. The lowest BCUT2D eigenvalue weighted by Crippen LogP contribution is -2.26. The summed E-state index contributed by atoms with van der Waals surface area (Å²) >= 11 is 0. The summed E-state index contributed by atoms with van der Waals surface area (Å²) < 4.78 is 1.96. The molecule has 0 aromatic carbocycles. The van der Waals surface area contributed by atoms with Crippen LogP contribution in [0.25, 0.3) is 5.65 Å². The average molecular weight is 286 g/mol. The van der Waals surface area contributed by atoms with Gasteiger partial charge in [0.2, 0.25) is 5.91 Å². The number of amides is 1. The molecule has 1 amide bonds. The van der Waals surface area contributed by atoms with Gasteiger partial charge in [-0.15, -0.1) is 0 Å². The molecule has 0 radical (unpaired) electrons. The van der Waals surface area contributed by atoms with Crippen LogP contribution in [0, 0.1) is 0 Å². The molecule has 1 aliphatic heterocycles. The van der Waals surface area contributed by atoms with Crippen LogP contribution in [-0.4, -0.2) is 33.0 Å². The summed E-state index contributed by atoms with van der Waals surface area (Å²) in [6.45, 7) is 0.712. The van der Waals surface area contributed by atoms with Crippen molar-refractivity contribution < 1.29 is 9.90 Å². The molecule has 1 atom stereocenters. The van der Waals surface area contributed by atoms with E-state index in [0.29, 0.717) is 19.0 Å². The van der Waals surface area contributed by atoms with Crippen molar-refractivity contribution in [2.75, 3.05) is 11.4 Å². The van der Waals surface area contributed by atoms with Gasteiger partial charge in [-0.2, -0.15) is 0 Å². The number of nitrogens with zero attached hydrogens (tertiary/aromatic N) is 3. The lowest BCUT2D eigenvalue weighted by molar-refractivity contribution is -0.117. The fourth-order valence-electron chi connectivity index (χ4n) is 3.01. The monoisotopic (exact) mass is 286 g/mol. The van der Waals surface area contributed by atoms with Crippen LogP contribution in [-0.2, 0) is 11.3 Å². The van der Waals surface area contributed by atoms with Crippen LogP contribution in [0.5, 0.6) is 0 Å². The van der Waals surface area contributed by atoms with E-state index in [1.54, 1.807) is 4.90 Å². The zero-order chi connectivity index (χ0) is 14.6. The van der Waals surface area contributed by atoms with E-state index in [0.717, 1.165) is 17.0 Å². The normalized spacial score (nSPS) is 22.5. The summed E-state index contributed by atoms with van der Waals surface area (Å²) in [5.41, 5.74) is 9.24. The molecule has 6 heteroatoms. The molecule has 21 heavy (non-hydrogen) atoms. The van der Waals surface area contributed by atoms with E-state index in [-0.39, 0.29) is 12.3 Å². The van der Waals surface area contributed by atoms with Crippen molar-refractivity contribution in [1.82, 2.24) is 9.38 Å². The maximum Gasteiger partial charge on any atom is 0.229 e. The van der Waals surface area contributed by atoms with Gasteiger partial charge >= 0.3 is 0 Å². The number of rotatable bonds is 3. The summed E-state index contributed by atoms with van der Waals surface area (Å²) in [6.07, 6.45) is 5.98. The average Bonchev–Trinajstić information content (AvgIpc) is 3.14. The van der Waals surface area contributed by atoms with Crippen molar-refractivity contribution >= 4 is 17.2 Å². The highest BCUT2D eigenvalue weighted by molar-refractivity contribution is 5.99. The Labute approximate surface area is 122 Å². The highest BCUT2D eigenvalue weighted by atomic mass is 16.3. The molecule has 1 aliphatic carbocycles.